The van der Waals surface area contributed by atoms with Crippen LogP contribution >= 0.6 is 0 Å². The van der Waals surface area contributed by atoms with Gasteiger partial charge in [0.05, 0.1) is 16.8 Å². The fourth-order valence-electron chi connectivity index (χ4n) is 3.54. The summed E-state index contributed by atoms with van der Waals surface area (Å²) >= 11 is 0. The van der Waals surface area contributed by atoms with Gasteiger partial charge >= 0.3 is 12.4 Å². The smallest absolute Gasteiger partial charge is 0.294 e. The van der Waals surface area contributed by atoms with Gasteiger partial charge in [0.1, 0.15) is 0 Å². The van der Waals surface area contributed by atoms with Crippen molar-refractivity contribution in [3.8, 4) is 0 Å². The normalized spacial score (nSPS) is 18.4. The number of Topliss-reactive ketones (excluding diaryl/α,β-unsaturated/α-hetero) is 1. The number of alkyl halides is 6. The SMILES string of the molecule is C\C=C/C=C(C=C(C)CC)/C(=C\N1C=CCC(C)C(c2cc(C(F)(F)F)cc(C(F)(F)F)c2)=N1)C(C)=O. The van der Waals surface area contributed by atoms with Gasteiger partial charge in [0.2, 0.25) is 0 Å². The quantitative estimate of drug-likeness (QED) is 0.203. The van der Waals surface area contributed by atoms with Crippen LogP contribution in [0.3, 0.4) is 0 Å². The van der Waals surface area contributed by atoms with Crippen LogP contribution < -0.4 is 0 Å². The maximum absolute atomic E-state index is 13.4. The molecule has 0 N–H and O–H groups in total. The van der Waals surface area contributed by atoms with Crippen molar-refractivity contribution in [1.29, 1.82) is 0 Å². The zero-order chi connectivity index (χ0) is 28.0. The summed E-state index contributed by atoms with van der Waals surface area (Å²) in [6.07, 6.45) is 2.97. The second-order valence-corrected chi connectivity index (χ2v) is 8.77. The molecular formula is C28H30F6N2O. The lowest BCUT2D eigenvalue weighted by Gasteiger charge is -2.19. The number of ketones is 1. The van der Waals surface area contributed by atoms with Crippen molar-refractivity contribution >= 4 is 11.5 Å². The Morgan fingerprint density at radius 1 is 1.08 bits per heavy atom. The summed E-state index contributed by atoms with van der Waals surface area (Å²) in [5.41, 5.74) is -1.16. The first kappa shape index (κ1) is 29.9. The lowest BCUT2D eigenvalue weighted by Crippen LogP contribution is -2.19. The van der Waals surface area contributed by atoms with E-state index in [1.807, 2.05) is 26.8 Å². The topological polar surface area (TPSA) is 32.7 Å². The average molecular weight is 525 g/mol. The minimum absolute atomic E-state index is 0.0417. The Morgan fingerprint density at radius 3 is 2.16 bits per heavy atom. The Labute approximate surface area is 213 Å². The number of carbonyl (C=O) groups is 1. The highest BCUT2D eigenvalue weighted by Gasteiger charge is 2.37. The predicted molar refractivity (Wildman–Crippen MR) is 133 cm³/mol. The molecule has 1 heterocycles. The third kappa shape index (κ3) is 8.33. The number of rotatable bonds is 7. The molecule has 200 valence electrons. The van der Waals surface area contributed by atoms with Crippen molar-refractivity contribution < 1.29 is 31.1 Å². The van der Waals surface area contributed by atoms with Crippen molar-refractivity contribution in [2.75, 3.05) is 0 Å². The maximum Gasteiger partial charge on any atom is 0.416 e. The number of hydrogen-bond donors (Lipinski definition) is 0. The van der Waals surface area contributed by atoms with Gasteiger partial charge in [-0.1, -0.05) is 49.8 Å². The Hall–Kier alpha value is -3.36. The fraction of sp³-hybridized carbons (Fsp3) is 0.357. The minimum atomic E-state index is -4.97. The molecule has 0 bridgehead atoms. The first-order valence-electron chi connectivity index (χ1n) is 11.7. The van der Waals surface area contributed by atoms with Crippen molar-refractivity contribution in [2.24, 2.45) is 11.0 Å². The van der Waals surface area contributed by atoms with E-state index in [1.54, 1.807) is 31.2 Å². The first-order valence-corrected chi connectivity index (χ1v) is 11.7. The molecule has 0 fully saturated rings. The lowest BCUT2D eigenvalue weighted by molar-refractivity contribution is -0.143. The van der Waals surface area contributed by atoms with E-state index < -0.39 is 29.4 Å². The van der Waals surface area contributed by atoms with Gasteiger partial charge in [-0.3, -0.25) is 4.79 Å². The summed E-state index contributed by atoms with van der Waals surface area (Å²) in [7, 11) is 0. The Bertz CT molecular complexity index is 1150. The van der Waals surface area contributed by atoms with Gasteiger partial charge in [-0.2, -0.15) is 31.4 Å². The summed E-state index contributed by atoms with van der Waals surface area (Å²) in [5, 5.41) is 5.66. The van der Waals surface area contributed by atoms with Gasteiger partial charge in [-0.05, 0) is 62.9 Å². The highest BCUT2D eigenvalue weighted by molar-refractivity contribution is 6.03. The van der Waals surface area contributed by atoms with Crippen molar-refractivity contribution in [3.63, 3.8) is 0 Å². The van der Waals surface area contributed by atoms with Crippen molar-refractivity contribution in [1.82, 2.24) is 5.01 Å². The van der Waals surface area contributed by atoms with E-state index in [0.29, 0.717) is 24.1 Å². The van der Waals surface area contributed by atoms with E-state index >= 15 is 0 Å². The van der Waals surface area contributed by atoms with Gasteiger partial charge in [-0.25, -0.2) is 5.01 Å². The van der Waals surface area contributed by atoms with Gasteiger partial charge in [-0.15, -0.1) is 0 Å². The number of hydrazone groups is 1. The van der Waals surface area contributed by atoms with Crippen LogP contribution in [0.1, 0.15) is 64.2 Å². The highest BCUT2D eigenvalue weighted by atomic mass is 19.4. The molecular weight excluding hydrogens is 494 g/mol. The largest absolute Gasteiger partial charge is 0.416 e. The summed E-state index contributed by atoms with van der Waals surface area (Å²) < 4.78 is 80.7. The Kier molecular flexibility index (Phi) is 9.89. The van der Waals surface area contributed by atoms with Crippen LogP contribution in [-0.2, 0) is 17.1 Å². The summed E-state index contributed by atoms with van der Waals surface area (Å²) in [6.45, 7) is 8.75. The van der Waals surface area contributed by atoms with Gasteiger partial charge in [0.15, 0.2) is 5.78 Å². The lowest BCUT2D eigenvalue weighted by atomic mass is 9.93. The van der Waals surface area contributed by atoms with E-state index in [9.17, 15) is 31.1 Å². The van der Waals surface area contributed by atoms with Crippen molar-refractivity contribution in [2.45, 2.75) is 59.8 Å². The molecule has 37 heavy (non-hydrogen) atoms. The van der Waals surface area contributed by atoms with Crippen LogP contribution in [0.25, 0.3) is 0 Å². The maximum atomic E-state index is 13.4. The molecule has 2 rings (SSSR count). The summed E-state index contributed by atoms with van der Waals surface area (Å²) in [6, 6.07) is 1.44. The zero-order valence-corrected chi connectivity index (χ0v) is 21.3. The predicted octanol–water partition coefficient (Wildman–Crippen LogP) is 8.62. The first-order chi connectivity index (χ1) is 17.2. The van der Waals surface area contributed by atoms with Gasteiger partial charge in [0.25, 0.3) is 0 Å². The van der Waals surface area contributed by atoms with Crippen LogP contribution in [-0.4, -0.2) is 16.5 Å². The number of allylic oxidation sites excluding steroid dienone is 8. The average Bonchev–Trinajstić information content (AvgIpc) is 2.99. The second-order valence-electron chi connectivity index (χ2n) is 8.77. The Balaban J connectivity index is 2.74. The highest BCUT2D eigenvalue weighted by Crippen LogP contribution is 2.37. The zero-order valence-electron chi connectivity index (χ0n) is 21.3. The Morgan fingerprint density at radius 2 is 1.68 bits per heavy atom. The molecule has 0 saturated heterocycles. The summed E-state index contributed by atoms with van der Waals surface area (Å²) in [4.78, 5) is 12.6. The van der Waals surface area contributed by atoms with Crippen LogP contribution in [0, 0.1) is 5.92 Å². The summed E-state index contributed by atoms with van der Waals surface area (Å²) in [5.74, 6) is -0.767. The number of benzene rings is 1. The number of halogens is 6. The standard InChI is InChI=1S/C28H30F6N2O/c1-6-8-11-21(13-18(3)7-2)25(20(5)37)17-36-12-9-10-19(4)26(35-36)22-14-23(27(29,30)31)16-24(15-22)28(32,33)34/h6,8-9,11-17,19H,7,10H2,1-5H3/b8-6-,18-13?,21-11+,25-17-. The molecule has 0 saturated carbocycles. The number of nitrogens with zero attached hydrogens (tertiary/aromatic N) is 2. The van der Waals surface area contributed by atoms with Crippen LogP contribution in [0.15, 0.2) is 82.8 Å². The molecule has 3 nitrogen and oxygen atoms in total. The molecule has 0 aliphatic carbocycles. The third-order valence-electron chi connectivity index (χ3n) is 5.70. The van der Waals surface area contributed by atoms with Crippen molar-refractivity contribution in [3.05, 3.63) is 94.4 Å². The number of carbonyl (C=O) groups excluding carboxylic acids is 1. The molecule has 0 amide bonds. The van der Waals surface area contributed by atoms with Gasteiger partial charge < -0.3 is 0 Å². The molecule has 0 spiro atoms. The molecule has 1 aromatic rings. The molecule has 1 aliphatic rings. The fourth-order valence-corrected chi connectivity index (χ4v) is 3.54. The van der Waals surface area contributed by atoms with E-state index in [0.717, 1.165) is 12.0 Å². The van der Waals surface area contributed by atoms with E-state index in [2.05, 4.69) is 5.10 Å². The van der Waals surface area contributed by atoms with Crippen LogP contribution in [0.5, 0.6) is 0 Å². The molecule has 0 aromatic heterocycles. The monoisotopic (exact) mass is 524 g/mol. The molecule has 1 atom stereocenters. The van der Waals surface area contributed by atoms with E-state index in [-0.39, 0.29) is 28.7 Å². The van der Waals surface area contributed by atoms with Crippen LogP contribution in [0.4, 0.5) is 26.3 Å². The molecule has 9 heteroatoms. The minimum Gasteiger partial charge on any atom is -0.294 e. The van der Waals surface area contributed by atoms with Gasteiger partial charge in [0, 0.05) is 23.9 Å². The second kappa shape index (κ2) is 12.3. The van der Waals surface area contributed by atoms with E-state index in [1.165, 1.54) is 24.3 Å². The number of hydrogen-bond acceptors (Lipinski definition) is 3. The molecule has 1 unspecified atom stereocenters. The van der Waals surface area contributed by atoms with E-state index in [4.69, 9.17) is 0 Å². The third-order valence-corrected chi connectivity index (χ3v) is 5.70. The molecule has 1 aliphatic heterocycles. The molecule has 0 radical (unpaired) electrons. The molecule has 1 aromatic carbocycles. The van der Waals surface area contributed by atoms with Crippen LogP contribution in [0.2, 0.25) is 0 Å².